The summed E-state index contributed by atoms with van der Waals surface area (Å²) in [6.45, 7) is 2.58. The summed E-state index contributed by atoms with van der Waals surface area (Å²) in [7, 11) is 1.61. The fraction of sp³-hybridized carbons (Fsp3) is 0.391. The fourth-order valence-electron chi connectivity index (χ4n) is 3.63. The summed E-state index contributed by atoms with van der Waals surface area (Å²) in [6, 6.07) is 8.16. The molecular formula is C23H28N4O5. The second-order valence-corrected chi connectivity index (χ2v) is 7.64. The predicted molar refractivity (Wildman–Crippen MR) is 121 cm³/mol. The molecule has 0 aliphatic carbocycles. The molecule has 9 nitrogen and oxygen atoms in total. The van der Waals surface area contributed by atoms with Crippen molar-refractivity contribution >= 4 is 29.7 Å². The predicted octanol–water partition coefficient (Wildman–Crippen LogP) is 2.44. The molecule has 3 rings (SSSR count). The van der Waals surface area contributed by atoms with Crippen molar-refractivity contribution in [2.24, 2.45) is 0 Å². The van der Waals surface area contributed by atoms with E-state index >= 15 is 0 Å². The lowest BCUT2D eigenvalue weighted by atomic mass is 10.0. The number of carboxylic acid groups (broad SMARTS) is 1. The lowest BCUT2D eigenvalue weighted by molar-refractivity contribution is 0.0697. The highest BCUT2D eigenvalue weighted by molar-refractivity contribution is 6.00. The van der Waals surface area contributed by atoms with Gasteiger partial charge < -0.3 is 25.4 Å². The fourth-order valence-corrected chi connectivity index (χ4v) is 3.63. The maximum atomic E-state index is 12.8. The summed E-state index contributed by atoms with van der Waals surface area (Å²) in [5.41, 5.74) is 1.50. The summed E-state index contributed by atoms with van der Waals surface area (Å²) in [4.78, 5) is 41.5. The van der Waals surface area contributed by atoms with Gasteiger partial charge in [-0.15, -0.1) is 0 Å². The van der Waals surface area contributed by atoms with E-state index in [1.54, 1.807) is 25.4 Å². The number of nitrogens with one attached hydrogen (secondary N) is 2. The van der Waals surface area contributed by atoms with Crippen LogP contribution in [0.5, 0.6) is 0 Å². The summed E-state index contributed by atoms with van der Waals surface area (Å²) < 4.78 is 5.01. The highest BCUT2D eigenvalue weighted by atomic mass is 16.5. The van der Waals surface area contributed by atoms with Gasteiger partial charge >= 0.3 is 5.97 Å². The highest BCUT2D eigenvalue weighted by Gasteiger charge is 2.22. The molecule has 2 aromatic rings. The van der Waals surface area contributed by atoms with Crippen LogP contribution in [0.2, 0.25) is 0 Å². The van der Waals surface area contributed by atoms with Crippen molar-refractivity contribution in [3.05, 3.63) is 53.2 Å². The van der Waals surface area contributed by atoms with E-state index in [1.165, 1.54) is 12.1 Å². The maximum Gasteiger partial charge on any atom is 0.337 e. The average Bonchev–Trinajstić information content (AvgIpc) is 2.82. The molecule has 9 heteroatoms. The second kappa shape index (κ2) is 11.2. The number of anilines is 2. The van der Waals surface area contributed by atoms with Gasteiger partial charge in [0.15, 0.2) is 6.29 Å². The molecule has 0 unspecified atom stereocenters. The minimum Gasteiger partial charge on any atom is -0.478 e. The number of carboxylic acids is 1. The number of pyridine rings is 1. The Hall–Kier alpha value is -3.46. The lowest BCUT2D eigenvalue weighted by Crippen LogP contribution is -2.45. The van der Waals surface area contributed by atoms with Crippen molar-refractivity contribution in [2.75, 3.05) is 43.6 Å². The van der Waals surface area contributed by atoms with Gasteiger partial charge in [0.1, 0.15) is 5.82 Å². The van der Waals surface area contributed by atoms with Crippen molar-refractivity contribution in [1.82, 2.24) is 10.3 Å². The van der Waals surface area contributed by atoms with Gasteiger partial charge in [-0.05, 0) is 49.6 Å². The highest BCUT2D eigenvalue weighted by Crippen LogP contribution is 2.21. The zero-order valence-corrected chi connectivity index (χ0v) is 18.0. The Labute approximate surface area is 186 Å². The number of nitrogens with zero attached hydrogens (tertiary/aromatic N) is 2. The molecule has 1 fully saturated rings. The number of aromatic nitrogens is 1. The standard InChI is InChI=1S/C23H28N4O5/c1-32-12-2-9-24-20-13-17(4-5-19(20)23(30)31)22(29)26-18-7-10-27(11-8-18)21-6-3-16(15-28)14-25-21/h3-6,13-15,18,24H,2,7-12H2,1H3,(H,26,29)(H,30,31). The normalized spacial score (nSPS) is 14.1. The Kier molecular flexibility index (Phi) is 8.15. The van der Waals surface area contributed by atoms with Crippen molar-refractivity contribution in [1.29, 1.82) is 0 Å². The molecule has 1 amide bonds. The molecule has 2 heterocycles. The molecule has 1 aliphatic heterocycles. The van der Waals surface area contributed by atoms with Crippen molar-refractivity contribution in [3.63, 3.8) is 0 Å². The van der Waals surface area contributed by atoms with Gasteiger partial charge in [-0.1, -0.05) is 0 Å². The first kappa shape index (κ1) is 23.2. The SMILES string of the molecule is COCCCNc1cc(C(=O)NC2CCN(c3ccc(C=O)cn3)CC2)ccc1C(=O)O. The number of hydrogen-bond acceptors (Lipinski definition) is 7. The molecule has 3 N–H and O–H groups in total. The van der Waals surface area contributed by atoms with Crippen LogP contribution < -0.4 is 15.5 Å². The molecule has 0 radical (unpaired) electrons. The third-order valence-corrected chi connectivity index (χ3v) is 5.41. The Balaban J connectivity index is 1.58. The van der Waals surface area contributed by atoms with Crippen LogP contribution in [0, 0.1) is 0 Å². The number of benzene rings is 1. The molecule has 32 heavy (non-hydrogen) atoms. The Bertz CT molecular complexity index is 940. The van der Waals surface area contributed by atoms with Gasteiger partial charge in [0.05, 0.1) is 5.56 Å². The van der Waals surface area contributed by atoms with E-state index in [0.29, 0.717) is 30.0 Å². The van der Waals surface area contributed by atoms with Gasteiger partial charge in [-0.2, -0.15) is 0 Å². The van der Waals surface area contributed by atoms with Gasteiger partial charge in [-0.25, -0.2) is 9.78 Å². The van der Waals surface area contributed by atoms with Gasteiger partial charge in [-0.3, -0.25) is 9.59 Å². The largest absolute Gasteiger partial charge is 0.478 e. The summed E-state index contributed by atoms with van der Waals surface area (Å²) in [5, 5.41) is 15.5. The molecule has 1 aromatic heterocycles. The van der Waals surface area contributed by atoms with Gasteiger partial charge in [0.25, 0.3) is 5.91 Å². The first-order valence-corrected chi connectivity index (χ1v) is 10.6. The average molecular weight is 441 g/mol. The number of methoxy groups -OCH3 is 1. The monoisotopic (exact) mass is 440 g/mol. The minimum atomic E-state index is -1.05. The van der Waals surface area contributed by atoms with Crippen LogP contribution >= 0.6 is 0 Å². The van der Waals surface area contributed by atoms with E-state index in [1.807, 2.05) is 6.07 Å². The van der Waals surface area contributed by atoms with Crippen molar-refractivity contribution in [3.8, 4) is 0 Å². The third-order valence-electron chi connectivity index (χ3n) is 5.41. The lowest BCUT2D eigenvalue weighted by Gasteiger charge is -2.33. The number of hydrogen-bond donors (Lipinski definition) is 3. The number of piperidine rings is 1. The van der Waals surface area contributed by atoms with Crippen molar-refractivity contribution < 1.29 is 24.2 Å². The van der Waals surface area contributed by atoms with Gasteiger partial charge in [0.2, 0.25) is 0 Å². The first-order valence-electron chi connectivity index (χ1n) is 10.6. The number of ether oxygens (including phenoxy) is 1. The number of aromatic carboxylic acids is 1. The van der Waals surface area contributed by atoms with E-state index in [9.17, 15) is 19.5 Å². The number of carbonyl (C=O) groups is 3. The topological polar surface area (TPSA) is 121 Å². The molecule has 1 aliphatic rings. The molecular weight excluding hydrogens is 412 g/mol. The molecule has 0 saturated carbocycles. The summed E-state index contributed by atoms with van der Waals surface area (Å²) in [6.07, 6.45) is 4.56. The van der Waals surface area contributed by atoms with Crippen LogP contribution in [0.15, 0.2) is 36.5 Å². The van der Waals surface area contributed by atoms with Crippen LogP contribution in [0.1, 0.15) is 50.3 Å². The minimum absolute atomic E-state index is 0.0188. The van der Waals surface area contributed by atoms with E-state index in [-0.39, 0.29) is 17.5 Å². The maximum absolute atomic E-state index is 12.8. The van der Waals surface area contributed by atoms with Crippen LogP contribution in [0.4, 0.5) is 11.5 Å². The Morgan fingerprint density at radius 2 is 2.03 bits per heavy atom. The van der Waals surface area contributed by atoms with E-state index in [2.05, 4.69) is 20.5 Å². The second-order valence-electron chi connectivity index (χ2n) is 7.64. The third kappa shape index (κ3) is 6.04. The molecule has 0 atom stereocenters. The zero-order valence-electron chi connectivity index (χ0n) is 18.0. The Morgan fingerprint density at radius 3 is 2.66 bits per heavy atom. The Morgan fingerprint density at radius 1 is 1.25 bits per heavy atom. The van der Waals surface area contributed by atoms with Crippen LogP contribution in [0.3, 0.4) is 0 Å². The summed E-state index contributed by atoms with van der Waals surface area (Å²) >= 11 is 0. The molecule has 1 aromatic carbocycles. The molecule has 0 spiro atoms. The quantitative estimate of drug-likeness (QED) is 0.381. The van der Waals surface area contributed by atoms with E-state index in [0.717, 1.165) is 44.5 Å². The number of carbonyl (C=O) groups excluding carboxylic acids is 2. The van der Waals surface area contributed by atoms with Crippen molar-refractivity contribution in [2.45, 2.75) is 25.3 Å². The van der Waals surface area contributed by atoms with Crippen LogP contribution in [0.25, 0.3) is 0 Å². The molecule has 1 saturated heterocycles. The number of rotatable bonds is 10. The van der Waals surface area contributed by atoms with E-state index in [4.69, 9.17) is 4.74 Å². The van der Waals surface area contributed by atoms with Crippen LogP contribution in [-0.2, 0) is 4.74 Å². The molecule has 0 bridgehead atoms. The molecule has 170 valence electrons. The van der Waals surface area contributed by atoms with E-state index < -0.39 is 5.97 Å². The first-order chi connectivity index (χ1) is 15.5. The van der Waals surface area contributed by atoms with Crippen LogP contribution in [-0.4, -0.2) is 67.6 Å². The number of aldehydes is 1. The summed E-state index contributed by atoms with van der Waals surface area (Å²) in [5.74, 6) is -0.462. The zero-order chi connectivity index (χ0) is 22.9. The number of amides is 1. The smallest absolute Gasteiger partial charge is 0.337 e. The van der Waals surface area contributed by atoms with Gasteiger partial charge in [0, 0.05) is 62.4 Å².